The maximum absolute atomic E-state index is 12.3. The first-order valence-corrected chi connectivity index (χ1v) is 8.03. The van der Waals surface area contributed by atoms with Crippen molar-refractivity contribution < 1.29 is 14.7 Å². The Morgan fingerprint density at radius 2 is 1.79 bits per heavy atom. The minimum atomic E-state index is -0.867. The number of hydrogen-bond donors (Lipinski definition) is 2. The van der Waals surface area contributed by atoms with E-state index in [4.69, 9.17) is 0 Å². The molecule has 1 atom stereocenters. The fourth-order valence-corrected chi connectivity index (χ4v) is 2.91. The van der Waals surface area contributed by atoms with Gasteiger partial charge in [0.15, 0.2) is 0 Å². The Labute approximate surface area is 140 Å². The Morgan fingerprint density at radius 1 is 1.08 bits per heavy atom. The second kappa shape index (κ2) is 7.27. The highest BCUT2D eigenvalue weighted by molar-refractivity contribution is 5.98. The maximum atomic E-state index is 12.3. The smallest absolute Gasteiger partial charge is 0.246 e. The van der Waals surface area contributed by atoms with Crippen molar-refractivity contribution in [3.8, 4) is 0 Å². The first-order valence-electron chi connectivity index (χ1n) is 8.03. The van der Waals surface area contributed by atoms with Crippen LogP contribution in [-0.2, 0) is 16.0 Å². The van der Waals surface area contributed by atoms with Gasteiger partial charge >= 0.3 is 0 Å². The molecule has 5 heteroatoms. The molecule has 1 aliphatic rings. The number of amides is 2. The van der Waals surface area contributed by atoms with E-state index in [0.717, 1.165) is 17.7 Å². The van der Waals surface area contributed by atoms with Crippen LogP contribution in [0.15, 0.2) is 54.6 Å². The number of benzene rings is 2. The molecule has 1 aliphatic heterocycles. The van der Waals surface area contributed by atoms with E-state index in [9.17, 15) is 14.7 Å². The van der Waals surface area contributed by atoms with E-state index >= 15 is 0 Å². The molecule has 0 fully saturated rings. The third-order valence-corrected chi connectivity index (χ3v) is 4.19. The number of fused-ring (bicyclic) bond motifs is 1. The molecule has 0 aromatic heterocycles. The van der Waals surface area contributed by atoms with E-state index in [0.29, 0.717) is 12.1 Å². The zero-order chi connectivity index (χ0) is 16.9. The number of para-hydroxylation sites is 1. The van der Waals surface area contributed by atoms with Crippen molar-refractivity contribution in [2.75, 3.05) is 18.0 Å². The van der Waals surface area contributed by atoms with E-state index < -0.39 is 6.10 Å². The molecule has 2 aromatic rings. The molecule has 0 bridgehead atoms. The summed E-state index contributed by atoms with van der Waals surface area (Å²) in [6.07, 6.45) is -0.0926. The first kappa shape index (κ1) is 16.2. The second-order valence-electron chi connectivity index (χ2n) is 5.83. The van der Waals surface area contributed by atoms with Gasteiger partial charge in [-0.3, -0.25) is 9.59 Å². The zero-order valence-electron chi connectivity index (χ0n) is 13.3. The largest absolute Gasteiger partial charge is 0.388 e. The zero-order valence-corrected chi connectivity index (χ0v) is 13.3. The predicted octanol–water partition coefficient (Wildman–Crippen LogP) is 1.82. The molecular weight excluding hydrogens is 304 g/mol. The summed E-state index contributed by atoms with van der Waals surface area (Å²) in [7, 11) is 0. The van der Waals surface area contributed by atoms with Crippen LogP contribution in [0.25, 0.3) is 0 Å². The summed E-state index contributed by atoms with van der Waals surface area (Å²) in [5.74, 6) is -0.477. The summed E-state index contributed by atoms with van der Waals surface area (Å²) in [6, 6.07) is 16.8. The molecule has 2 amide bonds. The van der Waals surface area contributed by atoms with Gasteiger partial charge in [-0.25, -0.2) is 0 Å². The third-order valence-electron chi connectivity index (χ3n) is 4.19. The number of hydrogen-bond acceptors (Lipinski definition) is 3. The fraction of sp³-hybridized carbons (Fsp3) is 0.263. The molecule has 124 valence electrons. The van der Waals surface area contributed by atoms with Crippen LogP contribution in [0.3, 0.4) is 0 Å². The van der Waals surface area contributed by atoms with Gasteiger partial charge in [-0.05, 0) is 23.6 Å². The lowest BCUT2D eigenvalue weighted by molar-refractivity contribution is -0.126. The van der Waals surface area contributed by atoms with Gasteiger partial charge in [0.25, 0.3) is 0 Å². The number of nitrogens with one attached hydrogen (secondary N) is 1. The number of aliphatic hydroxyl groups excluding tert-OH is 1. The summed E-state index contributed by atoms with van der Waals surface area (Å²) in [5.41, 5.74) is 2.75. The van der Waals surface area contributed by atoms with Crippen LogP contribution in [0.2, 0.25) is 0 Å². The normalized spacial score (nSPS) is 14.1. The molecule has 0 aliphatic carbocycles. The lowest BCUT2D eigenvalue weighted by atomic mass is 10.1. The van der Waals surface area contributed by atoms with Crippen molar-refractivity contribution in [1.82, 2.24) is 5.32 Å². The molecule has 5 nitrogen and oxygen atoms in total. The van der Waals surface area contributed by atoms with Crippen LogP contribution in [0.5, 0.6) is 0 Å². The number of anilines is 1. The molecule has 24 heavy (non-hydrogen) atoms. The fourth-order valence-electron chi connectivity index (χ4n) is 2.91. The van der Waals surface area contributed by atoms with Crippen LogP contribution in [-0.4, -0.2) is 30.0 Å². The summed E-state index contributed by atoms with van der Waals surface area (Å²) < 4.78 is 0. The average molecular weight is 324 g/mol. The standard InChI is InChI=1S/C19H20N2O3/c22-17(15-7-2-1-3-8-15)12-18(23)20-13-19(24)21-11-10-14-6-4-5-9-16(14)21/h1-9,17,22H,10-13H2,(H,20,23). The Bertz CT molecular complexity index is 730. The van der Waals surface area contributed by atoms with Gasteiger partial charge in [-0.15, -0.1) is 0 Å². The summed E-state index contributed by atoms with van der Waals surface area (Å²) in [6.45, 7) is 0.579. The van der Waals surface area contributed by atoms with Crippen molar-refractivity contribution in [3.05, 3.63) is 65.7 Å². The number of carbonyl (C=O) groups excluding carboxylic acids is 2. The topological polar surface area (TPSA) is 69.6 Å². The third kappa shape index (κ3) is 3.63. The predicted molar refractivity (Wildman–Crippen MR) is 91.5 cm³/mol. The molecule has 0 saturated heterocycles. The van der Waals surface area contributed by atoms with Gasteiger partial charge in [-0.1, -0.05) is 48.5 Å². The summed E-state index contributed by atoms with van der Waals surface area (Å²) >= 11 is 0. The highest BCUT2D eigenvalue weighted by Gasteiger charge is 2.24. The molecule has 1 heterocycles. The summed E-state index contributed by atoms with van der Waals surface area (Å²) in [4.78, 5) is 26.0. The number of rotatable bonds is 5. The minimum Gasteiger partial charge on any atom is -0.388 e. The van der Waals surface area contributed by atoms with Crippen molar-refractivity contribution >= 4 is 17.5 Å². The molecule has 0 radical (unpaired) electrons. The summed E-state index contributed by atoms with van der Waals surface area (Å²) in [5, 5.41) is 12.6. The quantitative estimate of drug-likeness (QED) is 0.881. The number of aliphatic hydroxyl groups is 1. The Kier molecular flexibility index (Phi) is 4.91. The Balaban J connectivity index is 1.51. The highest BCUT2D eigenvalue weighted by atomic mass is 16.3. The van der Waals surface area contributed by atoms with Gasteiger partial charge in [-0.2, -0.15) is 0 Å². The lowest BCUT2D eigenvalue weighted by Crippen LogP contribution is -2.39. The molecular formula is C19H20N2O3. The van der Waals surface area contributed by atoms with Crippen molar-refractivity contribution in [1.29, 1.82) is 0 Å². The number of nitrogens with zero attached hydrogens (tertiary/aromatic N) is 1. The van der Waals surface area contributed by atoms with E-state index in [2.05, 4.69) is 5.32 Å². The van der Waals surface area contributed by atoms with Crippen LogP contribution in [0, 0.1) is 0 Å². The van der Waals surface area contributed by atoms with Crippen LogP contribution >= 0.6 is 0 Å². The van der Waals surface area contributed by atoms with E-state index in [1.165, 1.54) is 0 Å². The van der Waals surface area contributed by atoms with Gasteiger partial charge in [0.1, 0.15) is 0 Å². The van der Waals surface area contributed by atoms with E-state index in [1.54, 1.807) is 17.0 Å². The molecule has 0 saturated carbocycles. The van der Waals surface area contributed by atoms with Gasteiger partial charge in [0, 0.05) is 12.2 Å². The van der Waals surface area contributed by atoms with Crippen molar-refractivity contribution in [2.24, 2.45) is 0 Å². The van der Waals surface area contributed by atoms with E-state index in [1.807, 2.05) is 42.5 Å². The molecule has 1 unspecified atom stereocenters. The molecule has 2 N–H and O–H groups in total. The SMILES string of the molecule is O=C(CC(O)c1ccccc1)NCC(=O)N1CCc2ccccc21. The molecule has 3 rings (SSSR count). The van der Waals surface area contributed by atoms with Crippen molar-refractivity contribution in [2.45, 2.75) is 18.9 Å². The highest BCUT2D eigenvalue weighted by Crippen LogP contribution is 2.27. The Hall–Kier alpha value is -2.66. The second-order valence-corrected chi connectivity index (χ2v) is 5.83. The van der Waals surface area contributed by atoms with Crippen LogP contribution < -0.4 is 10.2 Å². The molecule has 0 spiro atoms. The van der Waals surface area contributed by atoms with Gasteiger partial charge < -0.3 is 15.3 Å². The Morgan fingerprint density at radius 3 is 2.58 bits per heavy atom. The van der Waals surface area contributed by atoms with Crippen LogP contribution in [0.1, 0.15) is 23.7 Å². The maximum Gasteiger partial charge on any atom is 0.246 e. The number of carbonyl (C=O) groups is 2. The van der Waals surface area contributed by atoms with Gasteiger partial charge in [0.2, 0.25) is 11.8 Å². The van der Waals surface area contributed by atoms with Crippen molar-refractivity contribution in [3.63, 3.8) is 0 Å². The average Bonchev–Trinajstić information content (AvgIpc) is 3.04. The first-order chi connectivity index (χ1) is 11.6. The minimum absolute atomic E-state index is 0.0608. The van der Waals surface area contributed by atoms with Gasteiger partial charge in [0.05, 0.1) is 19.1 Å². The van der Waals surface area contributed by atoms with Crippen LogP contribution in [0.4, 0.5) is 5.69 Å². The lowest BCUT2D eigenvalue weighted by Gasteiger charge is -2.18. The van der Waals surface area contributed by atoms with E-state index in [-0.39, 0.29) is 24.8 Å². The molecule has 2 aromatic carbocycles. The monoisotopic (exact) mass is 324 g/mol.